The van der Waals surface area contributed by atoms with Crippen LogP contribution in [0.3, 0.4) is 0 Å². The van der Waals surface area contributed by atoms with Gasteiger partial charge >= 0.3 is 0 Å². The number of hydrogen-bond acceptors (Lipinski definition) is 2. The third kappa shape index (κ3) is 2.08. The molecule has 0 atom stereocenters. The highest BCUT2D eigenvalue weighted by Crippen LogP contribution is 2.24. The maximum atomic E-state index is 10.7. The maximum Gasteiger partial charge on any atom is 0.270 e. The second-order valence-electron chi connectivity index (χ2n) is 3.68. The van der Waals surface area contributed by atoms with Crippen molar-refractivity contribution < 1.29 is 4.92 Å². The summed E-state index contributed by atoms with van der Waals surface area (Å²) in [6.07, 6.45) is 0. The van der Waals surface area contributed by atoms with E-state index in [1.54, 1.807) is 12.1 Å². The molecule has 3 nitrogen and oxygen atoms in total. The maximum absolute atomic E-state index is 10.7. The van der Waals surface area contributed by atoms with Crippen molar-refractivity contribution in [2.45, 2.75) is 6.92 Å². The molecule has 0 aromatic heterocycles. The van der Waals surface area contributed by atoms with Crippen molar-refractivity contribution in [2.75, 3.05) is 0 Å². The molecular weight excluding hydrogens is 202 g/mol. The van der Waals surface area contributed by atoms with E-state index >= 15 is 0 Å². The van der Waals surface area contributed by atoms with Crippen LogP contribution >= 0.6 is 0 Å². The zero-order valence-electron chi connectivity index (χ0n) is 8.88. The van der Waals surface area contributed by atoms with Crippen molar-refractivity contribution in [3.8, 4) is 11.1 Å². The molecule has 0 spiro atoms. The number of nitro benzene ring substituents is 1. The van der Waals surface area contributed by atoms with Crippen LogP contribution in [-0.2, 0) is 0 Å². The van der Waals surface area contributed by atoms with Gasteiger partial charge < -0.3 is 0 Å². The Kier molecular flexibility index (Phi) is 2.68. The summed E-state index contributed by atoms with van der Waals surface area (Å²) in [5.41, 5.74) is 3.14. The van der Waals surface area contributed by atoms with Gasteiger partial charge in [0.25, 0.3) is 5.69 Å². The van der Waals surface area contributed by atoms with Crippen LogP contribution in [0.25, 0.3) is 11.1 Å². The lowest BCUT2D eigenvalue weighted by Gasteiger charge is -2.02. The summed E-state index contributed by atoms with van der Waals surface area (Å²) < 4.78 is 0. The van der Waals surface area contributed by atoms with Crippen LogP contribution < -0.4 is 0 Å². The van der Waals surface area contributed by atoms with Crippen molar-refractivity contribution in [1.29, 1.82) is 0 Å². The molecule has 2 aromatic carbocycles. The monoisotopic (exact) mass is 213 g/mol. The summed E-state index contributed by atoms with van der Waals surface area (Å²) in [5.74, 6) is 0. The van der Waals surface area contributed by atoms with Crippen LogP contribution in [-0.4, -0.2) is 4.92 Å². The van der Waals surface area contributed by atoms with Gasteiger partial charge in [0.05, 0.1) is 4.92 Å². The van der Waals surface area contributed by atoms with Crippen molar-refractivity contribution >= 4 is 5.69 Å². The van der Waals surface area contributed by atoms with Gasteiger partial charge in [0.2, 0.25) is 0 Å². The minimum Gasteiger partial charge on any atom is -0.258 e. The molecule has 0 aliphatic carbocycles. The van der Waals surface area contributed by atoms with E-state index in [4.69, 9.17) is 0 Å². The van der Waals surface area contributed by atoms with E-state index in [-0.39, 0.29) is 10.6 Å². The molecule has 0 amide bonds. The average molecular weight is 213 g/mol. The Morgan fingerprint density at radius 2 is 1.62 bits per heavy atom. The van der Waals surface area contributed by atoms with Gasteiger partial charge in [-0.25, -0.2) is 0 Å². The van der Waals surface area contributed by atoms with Crippen LogP contribution in [0.2, 0.25) is 0 Å². The number of nitro groups is 1. The predicted octanol–water partition coefficient (Wildman–Crippen LogP) is 3.57. The highest BCUT2D eigenvalue weighted by atomic mass is 16.6. The molecule has 0 saturated carbocycles. The fourth-order valence-corrected chi connectivity index (χ4v) is 1.62. The summed E-state index contributed by atoms with van der Waals surface area (Å²) in [5, 5.41) is 10.7. The normalized spacial score (nSPS) is 10.1. The molecule has 2 aromatic rings. The molecule has 80 valence electrons. The van der Waals surface area contributed by atoms with Gasteiger partial charge in [-0.1, -0.05) is 42.0 Å². The van der Waals surface area contributed by atoms with E-state index in [2.05, 4.69) is 0 Å². The second-order valence-corrected chi connectivity index (χ2v) is 3.68. The van der Waals surface area contributed by atoms with Crippen molar-refractivity contribution in [3.05, 3.63) is 64.2 Å². The Bertz CT molecular complexity index is 535. The first-order valence-electron chi connectivity index (χ1n) is 4.98. The van der Waals surface area contributed by atoms with Gasteiger partial charge in [0, 0.05) is 12.1 Å². The summed E-state index contributed by atoms with van der Waals surface area (Å²) in [6, 6.07) is 14.6. The van der Waals surface area contributed by atoms with Crippen LogP contribution in [0.1, 0.15) is 5.56 Å². The summed E-state index contributed by atoms with van der Waals surface area (Å²) in [6.45, 7) is 2.00. The fraction of sp³-hybridized carbons (Fsp3) is 0.0769. The lowest BCUT2D eigenvalue weighted by Crippen LogP contribution is -1.88. The van der Waals surface area contributed by atoms with Crippen LogP contribution in [0.4, 0.5) is 5.69 Å². The SMILES string of the molecule is Cc1cccc(-c2cccc([N+](=O)[O-])c2)c1. The topological polar surface area (TPSA) is 43.1 Å². The quantitative estimate of drug-likeness (QED) is 0.565. The van der Waals surface area contributed by atoms with Gasteiger partial charge in [-0.3, -0.25) is 10.1 Å². The van der Waals surface area contributed by atoms with Crippen molar-refractivity contribution in [2.24, 2.45) is 0 Å². The Labute approximate surface area is 93.5 Å². The van der Waals surface area contributed by atoms with Gasteiger partial charge in [-0.05, 0) is 18.1 Å². The Morgan fingerprint density at radius 3 is 2.25 bits per heavy atom. The summed E-state index contributed by atoms with van der Waals surface area (Å²) in [4.78, 5) is 10.3. The van der Waals surface area contributed by atoms with Crippen LogP contribution in [0.15, 0.2) is 48.5 Å². The summed E-state index contributed by atoms with van der Waals surface area (Å²) in [7, 11) is 0. The Hall–Kier alpha value is -2.16. The van der Waals surface area contributed by atoms with Gasteiger partial charge in [0.1, 0.15) is 0 Å². The third-order valence-corrected chi connectivity index (χ3v) is 2.41. The Balaban J connectivity index is 2.48. The lowest BCUT2D eigenvalue weighted by molar-refractivity contribution is -0.384. The van der Waals surface area contributed by atoms with E-state index < -0.39 is 0 Å². The van der Waals surface area contributed by atoms with E-state index in [0.717, 1.165) is 16.7 Å². The van der Waals surface area contributed by atoms with Gasteiger partial charge in [-0.15, -0.1) is 0 Å². The summed E-state index contributed by atoms with van der Waals surface area (Å²) >= 11 is 0. The van der Waals surface area contributed by atoms with E-state index in [1.807, 2.05) is 37.3 Å². The number of non-ortho nitro benzene ring substituents is 1. The number of nitrogens with zero attached hydrogens (tertiary/aromatic N) is 1. The smallest absolute Gasteiger partial charge is 0.258 e. The molecule has 0 fully saturated rings. The molecule has 0 N–H and O–H groups in total. The molecule has 0 aliphatic heterocycles. The minimum absolute atomic E-state index is 0.124. The average Bonchev–Trinajstić information content (AvgIpc) is 2.29. The van der Waals surface area contributed by atoms with Crippen LogP contribution in [0, 0.1) is 17.0 Å². The Morgan fingerprint density at radius 1 is 1.00 bits per heavy atom. The van der Waals surface area contributed by atoms with E-state index in [0.29, 0.717) is 0 Å². The molecule has 0 radical (unpaired) electrons. The first-order valence-corrected chi connectivity index (χ1v) is 4.98. The highest BCUT2D eigenvalue weighted by Gasteiger charge is 2.06. The second kappa shape index (κ2) is 4.14. The zero-order valence-corrected chi connectivity index (χ0v) is 8.88. The predicted molar refractivity (Wildman–Crippen MR) is 63.3 cm³/mol. The number of hydrogen-bond donors (Lipinski definition) is 0. The molecule has 0 bridgehead atoms. The molecule has 16 heavy (non-hydrogen) atoms. The van der Waals surface area contributed by atoms with Crippen molar-refractivity contribution in [3.63, 3.8) is 0 Å². The molecule has 0 heterocycles. The largest absolute Gasteiger partial charge is 0.270 e. The first kappa shape index (κ1) is 10.4. The standard InChI is InChI=1S/C13H11NO2/c1-10-4-2-5-11(8-10)12-6-3-7-13(9-12)14(15)16/h2-9H,1H3. The number of benzene rings is 2. The van der Waals surface area contributed by atoms with Gasteiger partial charge in [0.15, 0.2) is 0 Å². The fourth-order valence-electron chi connectivity index (χ4n) is 1.62. The zero-order chi connectivity index (χ0) is 11.5. The number of rotatable bonds is 2. The van der Waals surface area contributed by atoms with Crippen LogP contribution in [0.5, 0.6) is 0 Å². The molecule has 0 aliphatic rings. The third-order valence-electron chi connectivity index (χ3n) is 2.41. The highest BCUT2D eigenvalue weighted by molar-refractivity contribution is 5.66. The lowest BCUT2D eigenvalue weighted by atomic mass is 10.0. The molecular formula is C13H11NO2. The molecule has 0 saturated heterocycles. The number of aryl methyl sites for hydroxylation is 1. The van der Waals surface area contributed by atoms with E-state index in [1.165, 1.54) is 6.07 Å². The molecule has 0 unspecified atom stereocenters. The van der Waals surface area contributed by atoms with E-state index in [9.17, 15) is 10.1 Å². The molecule has 2 rings (SSSR count). The first-order chi connectivity index (χ1) is 7.66. The van der Waals surface area contributed by atoms with Gasteiger partial charge in [-0.2, -0.15) is 0 Å². The molecule has 3 heteroatoms. The van der Waals surface area contributed by atoms with Crippen molar-refractivity contribution in [1.82, 2.24) is 0 Å². The minimum atomic E-state index is -0.376.